The van der Waals surface area contributed by atoms with Gasteiger partial charge in [-0.15, -0.1) is 0 Å². The van der Waals surface area contributed by atoms with Crippen molar-refractivity contribution >= 4 is 11.9 Å². The Kier molecular flexibility index (Phi) is 6.21. The lowest BCUT2D eigenvalue weighted by Crippen LogP contribution is -2.52. The molecular formula is C21H37N5O. The van der Waals surface area contributed by atoms with Crippen LogP contribution in [-0.4, -0.2) is 86.0 Å². The summed E-state index contributed by atoms with van der Waals surface area (Å²) in [6, 6.07) is 0. The van der Waals surface area contributed by atoms with E-state index >= 15 is 0 Å². The van der Waals surface area contributed by atoms with Crippen LogP contribution in [-0.2, 0) is 4.79 Å². The van der Waals surface area contributed by atoms with E-state index in [-0.39, 0.29) is 0 Å². The summed E-state index contributed by atoms with van der Waals surface area (Å²) in [4.78, 5) is 24.0. The minimum atomic E-state index is 0.339. The van der Waals surface area contributed by atoms with Gasteiger partial charge in [0.2, 0.25) is 5.91 Å². The Balaban J connectivity index is 1.16. The van der Waals surface area contributed by atoms with Crippen molar-refractivity contribution in [2.45, 2.75) is 44.9 Å². The molecule has 2 aliphatic carbocycles. The van der Waals surface area contributed by atoms with Crippen LogP contribution < -0.4 is 5.32 Å². The van der Waals surface area contributed by atoms with Crippen molar-refractivity contribution in [3.63, 3.8) is 0 Å². The molecule has 152 valence electrons. The van der Waals surface area contributed by atoms with Crippen LogP contribution in [0.15, 0.2) is 4.99 Å². The Morgan fingerprint density at radius 1 is 0.926 bits per heavy atom. The van der Waals surface area contributed by atoms with Gasteiger partial charge in [0.25, 0.3) is 0 Å². The van der Waals surface area contributed by atoms with Gasteiger partial charge in [-0.2, -0.15) is 0 Å². The first-order chi connectivity index (χ1) is 13.2. The topological polar surface area (TPSA) is 51.2 Å². The maximum Gasteiger partial charge on any atom is 0.225 e. The van der Waals surface area contributed by atoms with Crippen LogP contribution in [0, 0.1) is 17.8 Å². The van der Waals surface area contributed by atoms with Crippen LogP contribution >= 0.6 is 0 Å². The minimum Gasteiger partial charge on any atom is -0.355 e. The predicted molar refractivity (Wildman–Crippen MR) is 109 cm³/mol. The van der Waals surface area contributed by atoms with Crippen molar-refractivity contribution in [1.82, 2.24) is 20.0 Å². The number of guanidine groups is 1. The number of fused-ring (bicyclic) bond motifs is 1. The molecule has 2 aliphatic heterocycles. The third-order valence-corrected chi connectivity index (χ3v) is 7.34. The first-order valence-electron chi connectivity index (χ1n) is 11.2. The number of carbonyl (C=O) groups is 1. The summed E-state index contributed by atoms with van der Waals surface area (Å²) in [5, 5.41) is 3.59. The quantitative estimate of drug-likeness (QED) is 0.599. The Labute approximate surface area is 164 Å². The molecule has 1 N–H and O–H groups in total. The molecule has 4 fully saturated rings. The number of aliphatic imine (C=N–C) groups is 1. The summed E-state index contributed by atoms with van der Waals surface area (Å²) in [7, 11) is 1.91. The Bertz CT molecular complexity index is 525. The standard InChI is InChI=1S/C21H37N5O/c1-22-21(26-15-18-5-2-3-6-19(18)16-26)23-9-10-24-11-13-25(14-12-24)20(27)17-7-4-8-17/h17-19H,2-16H2,1H3,(H,22,23). The third-order valence-electron chi connectivity index (χ3n) is 7.34. The summed E-state index contributed by atoms with van der Waals surface area (Å²) in [6.07, 6.45) is 9.10. The van der Waals surface area contributed by atoms with Gasteiger partial charge in [0.05, 0.1) is 0 Å². The van der Waals surface area contributed by atoms with Crippen LogP contribution in [0.5, 0.6) is 0 Å². The first-order valence-corrected chi connectivity index (χ1v) is 11.2. The van der Waals surface area contributed by atoms with Gasteiger partial charge in [0.1, 0.15) is 0 Å². The average molecular weight is 376 g/mol. The second kappa shape index (κ2) is 8.80. The van der Waals surface area contributed by atoms with Gasteiger partial charge >= 0.3 is 0 Å². The number of likely N-dealkylation sites (tertiary alicyclic amines) is 1. The maximum absolute atomic E-state index is 12.4. The van der Waals surface area contributed by atoms with E-state index in [0.29, 0.717) is 11.8 Å². The lowest BCUT2D eigenvalue weighted by Gasteiger charge is -2.38. The zero-order valence-corrected chi connectivity index (χ0v) is 17.0. The molecule has 0 aromatic carbocycles. The highest BCUT2D eigenvalue weighted by Gasteiger charge is 2.35. The van der Waals surface area contributed by atoms with Gasteiger partial charge in [0.15, 0.2) is 5.96 Å². The Hall–Kier alpha value is -1.30. The Morgan fingerprint density at radius 2 is 1.59 bits per heavy atom. The zero-order chi connectivity index (χ0) is 18.6. The maximum atomic E-state index is 12.4. The molecule has 0 aromatic rings. The molecule has 6 nitrogen and oxygen atoms in total. The second-order valence-corrected chi connectivity index (χ2v) is 8.98. The second-order valence-electron chi connectivity index (χ2n) is 8.98. The summed E-state index contributed by atoms with van der Waals surface area (Å²) in [5.74, 6) is 3.61. The van der Waals surface area contributed by atoms with Crippen molar-refractivity contribution in [3.05, 3.63) is 0 Å². The summed E-state index contributed by atoms with van der Waals surface area (Å²) in [5.41, 5.74) is 0. The van der Waals surface area contributed by atoms with E-state index in [4.69, 9.17) is 0 Å². The third kappa shape index (κ3) is 4.41. The number of hydrogen-bond acceptors (Lipinski definition) is 3. The molecule has 27 heavy (non-hydrogen) atoms. The highest BCUT2D eigenvalue weighted by Crippen LogP contribution is 2.35. The van der Waals surface area contributed by atoms with Crippen molar-refractivity contribution < 1.29 is 4.79 Å². The van der Waals surface area contributed by atoms with Gasteiger partial charge in [-0.1, -0.05) is 19.3 Å². The zero-order valence-electron chi connectivity index (χ0n) is 17.0. The number of amides is 1. The lowest BCUT2D eigenvalue weighted by molar-refractivity contribution is -0.139. The van der Waals surface area contributed by atoms with E-state index in [0.717, 1.165) is 69.9 Å². The smallest absolute Gasteiger partial charge is 0.225 e. The molecule has 2 saturated heterocycles. The molecule has 4 aliphatic rings. The van der Waals surface area contributed by atoms with Crippen molar-refractivity contribution in [1.29, 1.82) is 0 Å². The van der Waals surface area contributed by atoms with E-state index in [1.54, 1.807) is 0 Å². The van der Waals surface area contributed by atoms with Gasteiger partial charge in [0, 0.05) is 65.3 Å². The number of carbonyl (C=O) groups excluding carboxylic acids is 1. The van der Waals surface area contributed by atoms with E-state index in [2.05, 4.69) is 25.0 Å². The van der Waals surface area contributed by atoms with E-state index < -0.39 is 0 Å². The molecular weight excluding hydrogens is 338 g/mol. The summed E-state index contributed by atoms with van der Waals surface area (Å²) in [6.45, 7) is 8.16. The number of nitrogens with one attached hydrogen (secondary N) is 1. The molecule has 2 unspecified atom stereocenters. The summed E-state index contributed by atoms with van der Waals surface area (Å²) < 4.78 is 0. The number of piperazine rings is 1. The SMILES string of the molecule is CN=C(NCCN1CCN(C(=O)C2CCC2)CC1)N1CC2CCCCC2C1. The van der Waals surface area contributed by atoms with Gasteiger partial charge in [-0.25, -0.2) is 0 Å². The number of hydrogen-bond donors (Lipinski definition) is 1. The van der Waals surface area contributed by atoms with E-state index in [1.807, 2.05) is 7.05 Å². The molecule has 2 heterocycles. The molecule has 2 atom stereocenters. The normalized spacial score (nSPS) is 30.2. The van der Waals surface area contributed by atoms with E-state index in [1.165, 1.54) is 45.2 Å². The predicted octanol–water partition coefficient (Wildman–Crippen LogP) is 1.63. The first kappa shape index (κ1) is 19.0. The Morgan fingerprint density at radius 3 is 2.15 bits per heavy atom. The molecule has 2 saturated carbocycles. The molecule has 0 bridgehead atoms. The van der Waals surface area contributed by atoms with Crippen LogP contribution in [0.1, 0.15) is 44.9 Å². The number of nitrogens with zero attached hydrogens (tertiary/aromatic N) is 4. The van der Waals surface area contributed by atoms with Crippen LogP contribution in [0.3, 0.4) is 0 Å². The fourth-order valence-corrected chi connectivity index (χ4v) is 5.34. The van der Waals surface area contributed by atoms with Gasteiger partial charge in [-0.3, -0.25) is 14.7 Å². The summed E-state index contributed by atoms with van der Waals surface area (Å²) >= 11 is 0. The van der Waals surface area contributed by atoms with E-state index in [9.17, 15) is 4.79 Å². The molecule has 4 rings (SSSR count). The highest BCUT2D eigenvalue weighted by molar-refractivity contribution is 5.80. The van der Waals surface area contributed by atoms with Gasteiger partial charge < -0.3 is 15.1 Å². The minimum absolute atomic E-state index is 0.339. The van der Waals surface area contributed by atoms with Crippen LogP contribution in [0.25, 0.3) is 0 Å². The van der Waals surface area contributed by atoms with Crippen molar-refractivity contribution in [3.8, 4) is 0 Å². The van der Waals surface area contributed by atoms with Crippen LogP contribution in [0.2, 0.25) is 0 Å². The largest absolute Gasteiger partial charge is 0.355 e. The molecule has 0 aromatic heterocycles. The van der Waals surface area contributed by atoms with Crippen LogP contribution in [0.4, 0.5) is 0 Å². The van der Waals surface area contributed by atoms with Crippen molar-refractivity contribution in [2.75, 3.05) is 59.4 Å². The molecule has 0 radical (unpaired) electrons. The average Bonchev–Trinajstić information content (AvgIpc) is 3.08. The lowest BCUT2D eigenvalue weighted by atomic mass is 9.82. The van der Waals surface area contributed by atoms with Crippen molar-refractivity contribution in [2.24, 2.45) is 22.7 Å². The van der Waals surface area contributed by atoms with Gasteiger partial charge in [-0.05, 0) is 37.5 Å². The highest BCUT2D eigenvalue weighted by atomic mass is 16.2. The number of rotatable bonds is 4. The fraction of sp³-hybridized carbons (Fsp3) is 0.905. The molecule has 6 heteroatoms. The molecule has 0 spiro atoms. The molecule has 1 amide bonds. The monoisotopic (exact) mass is 375 g/mol. The fourth-order valence-electron chi connectivity index (χ4n) is 5.34.